The zero-order valence-electron chi connectivity index (χ0n) is 15.8. The van der Waals surface area contributed by atoms with Crippen LogP contribution in [0.25, 0.3) is 22.5 Å². The van der Waals surface area contributed by atoms with E-state index in [1.807, 2.05) is 0 Å². The van der Waals surface area contributed by atoms with Gasteiger partial charge in [-0.05, 0) is 13.8 Å². The highest BCUT2D eigenvalue weighted by Gasteiger charge is 2.22. The van der Waals surface area contributed by atoms with Crippen LogP contribution in [-0.4, -0.2) is 34.1 Å². The summed E-state index contributed by atoms with van der Waals surface area (Å²) >= 11 is 0. The molecule has 0 saturated carbocycles. The lowest BCUT2D eigenvalue weighted by Gasteiger charge is -2.15. The molecular formula is C19H13F2N7O2. The summed E-state index contributed by atoms with van der Waals surface area (Å²) in [7, 11) is 0. The number of benzene rings is 1. The number of hydrogen-bond acceptors (Lipinski definition) is 6. The molecule has 0 aliphatic heterocycles. The SMILES string of the molecule is C#CCn1c(C)c(-n2nnc3cc(F)c(F)cc32)c(=O)n(-c2cncc(C)n2)c1=O. The summed E-state index contributed by atoms with van der Waals surface area (Å²) in [6, 6.07) is 1.74. The Bertz CT molecular complexity index is 1480. The Morgan fingerprint density at radius 3 is 2.57 bits per heavy atom. The zero-order valence-corrected chi connectivity index (χ0v) is 15.8. The molecule has 0 atom stereocenters. The second-order valence-corrected chi connectivity index (χ2v) is 6.42. The number of terminal acetylenes is 1. The lowest BCUT2D eigenvalue weighted by Crippen LogP contribution is -2.42. The Labute approximate surface area is 167 Å². The average Bonchev–Trinajstić information content (AvgIpc) is 3.08. The minimum absolute atomic E-state index is 0.0151. The third-order valence-corrected chi connectivity index (χ3v) is 4.50. The van der Waals surface area contributed by atoms with Gasteiger partial charge in [-0.25, -0.2) is 27.8 Å². The molecule has 30 heavy (non-hydrogen) atoms. The Hall–Kier alpha value is -4.20. The Morgan fingerprint density at radius 1 is 1.13 bits per heavy atom. The lowest BCUT2D eigenvalue weighted by atomic mass is 10.2. The zero-order chi connectivity index (χ0) is 21.6. The van der Waals surface area contributed by atoms with Gasteiger partial charge in [-0.15, -0.1) is 11.5 Å². The molecule has 0 unspecified atom stereocenters. The van der Waals surface area contributed by atoms with Crippen LogP contribution in [-0.2, 0) is 6.54 Å². The van der Waals surface area contributed by atoms with Crippen molar-refractivity contribution in [2.24, 2.45) is 0 Å². The van der Waals surface area contributed by atoms with Crippen molar-refractivity contribution in [3.63, 3.8) is 0 Å². The first-order chi connectivity index (χ1) is 14.3. The fourth-order valence-electron chi connectivity index (χ4n) is 3.10. The van der Waals surface area contributed by atoms with Crippen LogP contribution in [0.3, 0.4) is 0 Å². The van der Waals surface area contributed by atoms with Crippen LogP contribution in [0.5, 0.6) is 0 Å². The Kier molecular flexibility index (Phi) is 4.46. The molecular weight excluding hydrogens is 396 g/mol. The summed E-state index contributed by atoms with van der Waals surface area (Å²) in [6.45, 7) is 3.00. The van der Waals surface area contributed by atoms with E-state index in [9.17, 15) is 18.4 Å². The van der Waals surface area contributed by atoms with Crippen molar-refractivity contribution in [2.75, 3.05) is 0 Å². The molecule has 1 aromatic carbocycles. The average molecular weight is 409 g/mol. The van der Waals surface area contributed by atoms with Gasteiger partial charge in [-0.2, -0.15) is 0 Å². The molecule has 9 nitrogen and oxygen atoms in total. The maximum Gasteiger partial charge on any atom is 0.338 e. The maximum atomic E-state index is 13.8. The van der Waals surface area contributed by atoms with E-state index in [0.29, 0.717) is 5.69 Å². The van der Waals surface area contributed by atoms with E-state index in [1.54, 1.807) is 6.92 Å². The fourth-order valence-corrected chi connectivity index (χ4v) is 3.10. The highest BCUT2D eigenvalue weighted by atomic mass is 19.2. The van der Waals surface area contributed by atoms with Gasteiger partial charge in [0.1, 0.15) is 5.52 Å². The van der Waals surface area contributed by atoms with Crippen molar-refractivity contribution in [1.29, 1.82) is 0 Å². The molecule has 150 valence electrons. The number of hydrogen-bond donors (Lipinski definition) is 0. The van der Waals surface area contributed by atoms with E-state index in [2.05, 4.69) is 26.2 Å². The smallest absolute Gasteiger partial charge is 0.284 e. The molecule has 0 radical (unpaired) electrons. The predicted molar refractivity (Wildman–Crippen MR) is 103 cm³/mol. The first-order valence-corrected chi connectivity index (χ1v) is 8.63. The summed E-state index contributed by atoms with van der Waals surface area (Å²) in [4.78, 5) is 34.5. The summed E-state index contributed by atoms with van der Waals surface area (Å²) in [5.74, 6) is 0.108. The highest BCUT2D eigenvalue weighted by molar-refractivity contribution is 5.76. The number of aromatic nitrogens is 7. The maximum absolute atomic E-state index is 13.8. The minimum atomic E-state index is -1.13. The van der Waals surface area contributed by atoms with E-state index < -0.39 is 22.9 Å². The van der Waals surface area contributed by atoms with E-state index in [4.69, 9.17) is 6.42 Å². The standard InChI is InChI=1S/C19H13F2N7O2/c1-4-5-26-11(3)17(28-15-7-13(21)12(20)6-14(15)24-25-28)18(29)27(19(26)30)16-9-22-8-10(2)23-16/h1,6-9H,5H2,2-3H3. The summed E-state index contributed by atoms with van der Waals surface area (Å²) in [5, 5.41) is 7.67. The van der Waals surface area contributed by atoms with Crippen LogP contribution in [0.15, 0.2) is 34.1 Å². The van der Waals surface area contributed by atoms with Gasteiger partial charge in [0.05, 0.1) is 29.6 Å². The summed E-state index contributed by atoms with van der Waals surface area (Å²) in [6.07, 6.45) is 8.11. The van der Waals surface area contributed by atoms with Crippen molar-refractivity contribution >= 4 is 11.0 Å². The molecule has 3 aromatic heterocycles. The minimum Gasteiger partial charge on any atom is -0.284 e. The van der Waals surface area contributed by atoms with Crippen molar-refractivity contribution in [2.45, 2.75) is 20.4 Å². The van der Waals surface area contributed by atoms with Crippen molar-refractivity contribution in [3.05, 3.63) is 68.4 Å². The predicted octanol–water partition coefficient (Wildman–Crippen LogP) is 1.05. The van der Waals surface area contributed by atoms with Crippen LogP contribution in [0.2, 0.25) is 0 Å². The van der Waals surface area contributed by atoms with Gasteiger partial charge < -0.3 is 0 Å². The third-order valence-electron chi connectivity index (χ3n) is 4.50. The van der Waals surface area contributed by atoms with Crippen LogP contribution < -0.4 is 11.2 Å². The molecule has 4 rings (SSSR count). The number of nitrogens with zero attached hydrogens (tertiary/aromatic N) is 7. The number of aryl methyl sites for hydroxylation is 1. The van der Waals surface area contributed by atoms with Gasteiger partial charge in [0.25, 0.3) is 5.56 Å². The first kappa shape index (κ1) is 19.1. The molecule has 0 spiro atoms. The largest absolute Gasteiger partial charge is 0.338 e. The van der Waals surface area contributed by atoms with E-state index in [0.717, 1.165) is 21.4 Å². The van der Waals surface area contributed by atoms with Crippen molar-refractivity contribution < 1.29 is 8.78 Å². The topological polar surface area (TPSA) is 100 Å². The highest BCUT2D eigenvalue weighted by Crippen LogP contribution is 2.19. The second-order valence-electron chi connectivity index (χ2n) is 6.42. The van der Waals surface area contributed by atoms with Crippen LogP contribution in [0, 0.1) is 37.8 Å². The first-order valence-electron chi connectivity index (χ1n) is 8.63. The fraction of sp³-hybridized carbons (Fsp3) is 0.158. The molecule has 4 aromatic rings. The van der Waals surface area contributed by atoms with Gasteiger partial charge in [0.2, 0.25) is 0 Å². The Morgan fingerprint density at radius 2 is 1.87 bits per heavy atom. The van der Waals surface area contributed by atoms with Gasteiger partial charge in [-0.1, -0.05) is 11.1 Å². The quantitative estimate of drug-likeness (QED) is 0.469. The van der Waals surface area contributed by atoms with Gasteiger partial charge in [-0.3, -0.25) is 14.3 Å². The summed E-state index contributed by atoms with van der Waals surface area (Å²) in [5.41, 5.74) is -0.889. The van der Waals surface area contributed by atoms with E-state index >= 15 is 0 Å². The van der Waals surface area contributed by atoms with Gasteiger partial charge in [0, 0.05) is 18.3 Å². The molecule has 0 N–H and O–H groups in total. The lowest BCUT2D eigenvalue weighted by molar-refractivity contribution is 0.510. The third kappa shape index (κ3) is 2.86. The summed E-state index contributed by atoms with van der Waals surface area (Å²) < 4.78 is 30.4. The number of halogens is 2. The molecule has 11 heteroatoms. The van der Waals surface area contributed by atoms with E-state index in [-0.39, 0.29) is 34.8 Å². The Balaban J connectivity index is 2.14. The molecule has 0 aliphatic carbocycles. The van der Waals surface area contributed by atoms with Gasteiger partial charge in [0.15, 0.2) is 23.1 Å². The number of rotatable bonds is 3. The van der Waals surface area contributed by atoms with E-state index in [1.165, 1.54) is 23.9 Å². The van der Waals surface area contributed by atoms with Crippen molar-refractivity contribution in [1.82, 2.24) is 34.1 Å². The molecule has 0 fully saturated rings. The van der Waals surface area contributed by atoms with Gasteiger partial charge >= 0.3 is 5.69 Å². The normalized spacial score (nSPS) is 11.0. The number of fused-ring (bicyclic) bond motifs is 1. The van der Waals surface area contributed by atoms with Crippen LogP contribution >= 0.6 is 0 Å². The monoisotopic (exact) mass is 409 g/mol. The van der Waals surface area contributed by atoms with Crippen LogP contribution in [0.1, 0.15) is 11.4 Å². The van der Waals surface area contributed by atoms with Crippen molar-refractivity contribution in [3.8, 4) is 23.8 Å². The molecule has 3 heterocycles. The molecule has 0 amide bonds. The molecule has 0 aliphatic rings. The molecule has 0 saturated heterocycles. The van der Waals surface area contributed by atoms with Crippen LogP contribution in [0.4, 0.5) is 8.78 Å². The molecule has 0 bridgehead atoms. The second kappa shape index (κ2) is 7.00.